The Balaban J connectivity index is 2.32. The third-order valence-corrected chi connectivity index (χ3v) is 10.8. The van der Waals surface area contributed by atoms with Crippen molar-refractivity contribution in [3.63, 3.8) is 0 Å². The van der Waals surface area contributed by atoms with Crippen molar-refractivity contribution < 1.29 is 31.9 Å². The zero-order valence-electron chi connectivity index (χ0n) is 14.0. The van der Waals surface area contributed by atoms with Gasteiger partial charge in [-0.2, -0.15) is 0 Å². The van der Waals surface area contributed by atoms with Crippen LogP contribution in [0.15, 0.2) is 60.7 Å². The molecule has 0 bridgehead atoms. The van der Waals surface area contributed by atoms with Crippen LogP contribution >= 0.6 is 11.9 Å². The summed E-state index contributed by atoms with van der Waals surface area (Å²) in [5.74, 6) is 0.321. The summed E-state index contributed by atoms with van der Waals surface area (Å²) >= 11 is 2.78. The van der Waals surface area contributed by atoms with E-state index in [1.807, 2.05) is 26.8 Å². The van der Waals surface area contributed by atoms with Gasteiger partial charge in [0.25, 0.3) is 0 Å². The average molecular weight is 564 g/mol. The first-order valence-corrected chi connectivity index (χ1v) is 23.8. The van der Waals surface area contributed by atoms with Crippen molar-refractivity contribution in [2.45, 2.75) is 42.3 Å². The van der Waals surface area contributed by atoms with E-state index >= 15 is 0 Å². The molecule has 2 atom stereocenters. The molecule has 0 aromatic heterocycles. The Morgan fingerprint density at radius 1 is 0.913 bits per heavy atom. The molecule has 23 heavy (non-hydrogen) atoms. The fourth-order valence-corrected chi connectivity index (χ4v) is 10.2. The molecule has 0 aliphatic heterocycles. The van der Waals surface area contributed by atoms with Crippen LogP contribution in [0, 0.1) is 0 Å². The molecule has 0 aliphatic rings. The van der Waals surface area contributed by atoms with Crippen LogP contribution in [0.25, 0.3) is 0 Å². The van der Waals surface area contributed by atoms with Gasteiger partial charge in [-0.15, -0.1) is 0 Å². The van der Waals surface area contributed by atoms with Crippen molar-refractivity contribution in [2.24, 2.45) is 0 Å². The summed E-state index contributed by atoms with van der Waals surface area (Å²) in [6.07, 6.45) is -0.0876. The van der Waals surface area contributed by atoms with Gasteiger partial charge in [-0.05, 0) is 0 Å². The summed E-state index contributed by atoms with van der Waals surface area (Å²) in [4.78, 5) is 11.7. The van der Waals surface area contributed by atoms with E-state index < -0.39 is 22.1 Å². The fourth-order valence-electron chi connectivity index (χ4n) is 2.50. The van der Waals surface area contributed by atoms with E-state index in [0.29, 0.717) is 5.92 Å². The zero-order chi connectivity index (χ0) is 16.7. The molecule has 0 saturated carbocycles. The Morgan fingerprint density at radius 3 is 1.91 bits per heavy atom. The number of hydrogen-bond acceptors (Lipinski definition) is 2. The maximum absolute atomic E-state index is 5.98. The first-order valence-electron chi connectivity index (χ1n) is 8.01. The van der Waals surface area contributed by atoms with Crippen molar-refractivity contribution in [1.82, 2.24) is 0 Å². The Labute approximate surface area is 157 Å². The van der Waals surface area contributed by atoms with Gasteiger partial charge in [-0.3, -0.25) is 0 Å². The second-order valence-electron chi connectivity index (χ2n) is 6.62. The third-order valence-electron chi connectivity index (χ3n) is 3.54. The Hall–Kier alpha value is -0.225. The molecule has 2 aromatic rings. The Morgan fingerprint density at radius 2 is 1.43 bits per heavy atom. The molecular weight excluding hydrogens is 541 g/mol. The van der Waals surface area contributed by atoms with E-state index in [9.17, 15) is 0 Å². The van der Waals surface area contributed by atoms with E-state index in [-0.39, 0.29) is 11.7 Å². The van der Waals surface area contributed by atoms with Gasteiger partial charge in [0.15, 0.2) is 0 Å². The topological polar surface area (TPSA) is 18.5 Å². The number of halogens is 1. The monoisotopic (exact) mass is 564 g/mol. The fraction of sp³-hybridized carbons (Fsp3) is 0.368. The van der Waals surface area contributed by atoms with Crippen LogP contribution in [0.5, 0.6) is 0 Å². The van der Waals surface area contributed by atoms with Crippen LogP contribution in [-0.4, -0.2) is 5.60 Å². The molecule has 2 rings (SSSR count). The van der Waals surface area contributed by atoms with Crippen molar-refractivity contribution in [1.29, 1.82) is 0 Å². The van der Waals surface area contributed by atoms with Crippen LogP contribution in [0.1, 0.15) is 43.9 Å². The van der Waals surface area contributed by atoms with Crippen LogP contribution in [0.3, 0.4) is 0 Å². The molecule has 0 radical (unpaired) electrons. The molecule has 0 spiro atoms. The minimum atomic E-state index is -1.03. The number of rotatable bonds is 7. The van der Waals surface area contributed by atoms with Gasteiger partial charge >= 0.3 is 158 Å². The number of hydrogen-bond donors (Lipinski definition) is 0. The summed E-state index contributed by atoms with van der Waals surface area (Å²) in [5, 5.41) is 0. The van der Waals surface area contributed by atoms with E-state index in [1.54, 1.807) is 0 Å². The molecule has 0 fully saturated rings. The van der Waals surface area contributed by atoms with Crippen LogP contribution in [0.2, 0.25) is 3.93 Å². The summed E-state index contributed by atoms with van der Waals surface area (Å²) in [5.41, 5.74) is 2.16. The van der Waals surface area contributed by atoms with Crippen LogP contribution < -0.4 is 0 Å². The first kappa shape index (κ1) is 19.1. The van der Waals surface area contributed by atoms with E-state index in [4.69, 9.17) is 9.78 Å². The predicted molar refractivity (Wildman–Crippen MR) is 94.0 cm³/mol. The van der Waals surface area contributed by atoms with Gasteiger partial charge < -0.3 is 0 Å². The maximum atomic E-state index is 5.98. The minimum absolute atomic E-state index is 0.0876. The Bertz CT molecular complexity index is 569. The summed E-state index contributed by atoms with van der Waals surface area (Å²) in [7, 11) is 0. The van der Waals surface area contributed by atoms with Crippen LogP contribution in [0.4, 0.5) is 0 Å². The van der Waals surface area contributed by atoms with E-state index in [2.05, 4.69) is 66.5 Å². The second-order valence-corrected chi connectivity index (χ2v) is 17.3. The molecule has 0 heterocycles. The second kappa shape index (κ2) is 9.31. The summed E-state index contributed by atoms with van der Waals surface area (Å²) in [6.45, 7) is 6.03. The molecule has 2 aromatic carbocycles. The summed E-state index contributed by atoms with van der Waals surface area (Å²) < 4.78 is 1.19. The first-order chi connectivity index (χ1) is 11.0. The summed E-state index contributed by atoms with van der Waals surface area (Å²) in [6, 6.07) is 21.0. The van der Waals surface area contributed by atoms with Crippen molar-refractivity contribution >= 4 is 11.9 Å². The van der Waals surface area contributed by atoms with Gasteiger partial charge in [0.1, 0.15) is 0 Å². The van der Waals surface area contributed by atoms with Gasteiger partial charge in [0.2, 0.25) is 0 Å². The Kier molecular flexibility index (Phi) is 7.73. The molecule has 0 N–H and O–H groups in total. The quantitative estimate of drug-likeness (QED) is 0.231. The van der Waals surface area contributed by atoms with Crippen molar-refractivity contribution in [3.05, 3.63) is 71.8 Å². The van der Waals surface area contributed by atoms with E-state index in [1.165, 1.54) is 15.1 Å². The standard InChI is InChI=1S/C19H23O2.BrH.Hg/c1-15(16-11-7-5-8-12-16)18(20-21-19(2,3)4)17-13-9-6-10-14-17;;/h5-15,18H,1H2,2-4H3;1H;/q;;+1/p-1. The SMILES string of the molecule is CC(C)(C)OOC(c1ccccc1)C([CH2][Hg][Br])c1ccccc1. The molecule has 0 aliphatic carbocycles. The van der Waals surface area contributed by atoms with Crippen molar-refractivity contribution in [2.75, 3.05) is 0 Å². The van der Waals surface area contributed by atoms with Gasteiger partial charge in [-0.1, -0.05) is 0 Å². The zero-order valence-corrected chi connectivity index (χ0v) is 21.1. The van der Waals surface area contributed by atoms with Crippen molar-refractivity contribution in [3.8, 4) is 0 Å². The molecule has 4 heteroatoms. The number of benzene rings is 2. The molecule has 0 saturated heterocycles. The van der Waals surface area contributed by atoms with Gasteiger partial charge in [-0.25, -0.2) is 0 Å². The van der Waals surface area contributed by atoms with Crippen LogP contribution in [-0.2, 0) is 31.9 Å². The normalized spacial score (nSPS) is 14.1. The van der Waals surface area contributed by atoms with E-state index in [0.717, 1.165) is 0 Å². The molecule has 2 unspecified atom stereocenters. The van der Waals surface area contributed by atoms with Gasteiger partial charge in [0, 0.05) is 0 Å². The molecule has 2 nitrogen and oxygen atoms in total. The molecular formula is C19H23BrHgO2. The molecule has 120 valence electrons. The van der Waals surface area contributed by atoms with Gasteiger partial charge in [0.05, 0.1) is 0 Å². The average Bonchev–Trinajstić information content (AvgIpc) is 2.55. The third kappa shape index (κ3) is 6.30. The molecule has 0 amide bonds. The predicted octanol–water partition coefficient (Wildman–Crippen LogP) is 6.07.